The summed E-state index contributed by atoms with van der Waals surface area (Å²) in [5.74, 6) is 0.785. The van der Waals surface area contributed by atoms with E-state index < -0.39 is 6.10 Å². The lowest BCUT2D eigenvalue weighted by atomic mass is 10.1. The Morgan fingerprint density at radius 2 is 2.00 bits per heavy atom. The van der Waals surface area contributed by atoms with Crippen LogP contribution in [0.1, 0.15) is 30.7 Å². The normalized spacial score (nSPS) is 12.4. The summed E-state index contributed by atoms with van der Waals surface area (Å²) in [5, 5.41) is 13.9. The van der Waals surface area contributed by atoms with Gasteiger partial charge >= 0.3 is 0 Å². The maximum atomic E-state index is 9.68. The molecule has 0 aliphatic carbocycles. The highest BCUT2D eigenvalue weighted by Gasteiger charge is 2.04. The summed E-state index contributed by atoms with van der Waals surface area (Å²) in [5.41, 5.74) is 1.82. The molecule has 2 rings (SSSR count). The van der Waals surface area contributed by atoms with Crippen molar-refractivity contribution in [1.29, 1.82) is 0 Å². The number of hydrogen-bond acceptors (Lipinski definition) is 3. The Labute approximate surface area is 107 Å². The lowest BCUT2D eigenvalue weighted by Crippen LogP contribution is -1.99. The first-order valence-electron chi connectivity index (χ1n) is 6.08. The molecule has 0 bridgehead atoms. The lowest BCUT2D eigenvalue weighted by molar-refractivity contribution is 0.173. The Kier molecular flexibility index (Phi) is 3.99. The predicted molar refractivity (Wildman–Crippen MR) is 69.2 cm³/mol. The first-order valence-corrected chi connectivity index (χ1v) is 6.08. The van der Waals surface area contributed by atoms with Gasteiger partial charge in [0.05, 0.1) is 11.8 Å². The van der Waals surface area contributed by atoms with Gasteiger partial charge in [0.2, 0.25) is 0 Å². The van der Waals surface area contributed by atoms with Gasteiger partial charge in [-0.2, -0.15) is 5.10 Å². The molecule has 1 atom stereocenters. The number of aliphatic hydroxyl groups excluding tert-OH is 1. The van der Waals surface area contributed by atoms with Crippen molar-refractivity contribution >= 4 is 0 Å². The van der Waals surface area contributed by atoms with Gasteiger partial charge < -0.3 is 9.84 Å². The molecule has 2 aromatic rings. The van der Waals surface area contributed by atoms with Crippen molar-refractivity contribution < 1.29 is 9.84 Å². The predicted octanol–water partition coefficient (Wildman–Crippen LogP) is 2.44. The van der Waals surface area contributed by atoms with E-state index in [-0.39, 0.29) is 0 Å². The van der Waals surface area contributed by atoms with Crippen LogP contribution >= 0.6 is 0 Å². The van der Waals surface area contributed by atoms with E-state index in [4.69, 9.17) is 4.74 Å². The van der Waals surface area contributed by atoms with Crippen molar-refractivity contribution in [3.05, 3.63) is 47.8 Å². The molecule has 0 saturated carbocycles. The van der Waals surface area contributed by atoms with Gasteiger partial charge in [0.25, 0.3) is 0 Å². The van der Waals surface area contributed by atoms with Gasteiger partial charge in [-0.15, -0.1) is 0 Å². The van der Waals surface area contributed by atoms with Crippen molar-refractivity contribution in [2.45, 2.75) is 26.1 Å². The van der Waals surface area contributed by atoms with Gasteiger partial charge in [-0.05, 0) is 30.2 Å². The number of benzene rings is 1. The molecule has 0 aliphatic heterocycles. The molecule has 0 spiro atoms. The second kappa shape index (κ2) is 5.69. The molecule has 1 aromatic carbocycles. The summed E-state index contributed by atoms with van der Waals surface area (Å²) in [4.78, 5) is 0. The average molecular weight is 246 g/mol. The van der Waals surface area contributed by atoms with Crippen molar-refractivity contribution in [1.82, 2.24) is 9.78 Å². The molecule has 1 heterocycles. The standard InChI is InChI=1S/C14H18N2O2/c1-3-14(17)11-4-6-13(7-5-11)18-10-12-8-9-16(2)15-12/h4-9,14,17H,3,10H2,1-2H3/t14-/m1/s1. The molecule has 0 unspecified atom stereocenters. The molecular weight excluding hydrogens is 228 g/mol. The molecule has 0 aliphatic rings. The smallest absolute Gasteiger partial charge is 0.132 e. The monoisotopic (exact) mass is 246 g/mol. The zero-order valence-corrected chi connectivity index (χ0v) is 10.7. The van der Waals surface area contributed by atoms with Crippen molar-refractivity contribution in [3.63, 3.8) is 0 Å². The number of aromatic nitrogens is 2. The third kappa shape index (κ3) is 3.11. The van der Waals surface area contributed by atoms with Crippen LogP contribution in [0.5, 0.6) is 5.75 Å². The Hall–Kier alpha value is -1.81. The zero-order chi connectivity index (χ0) is 13.0. The third-order valence-corrected chi connectivity index (χ3v) is 2.81. The van der Waals surface area contributed by atoms with Gasteiger partial charge in [-0.1, -0.05) is 19.1 Å². The Balaban J connectivity index is 1.94. The molecule has 0 amide bonds. The van der Waals surface area contributed by atoms with Crippen molar-refractivity contribution in [2.24, 2.45) is 7.05 Å². The second-order valence-corrected chi connectivity index (χ2v) is 4.26. The third-order valence-electron chi connectivity index (χ3n) is 2.81. The van der Waals surface area contributed by atoms with Crippen LogP contribution in [0.15, 0.2) is 36.5 Å². The molecule has 96 valence electrons. The summed E-state index contributed by atoms with van der Waals surface area (Å²) in [7, 11) is 1.88. The van der Waals surface area contributed by atoms with Crippen LogP contribution in [0.2, 0.25) is 0 Å². The van der Waals surface area contributed by atoms with Crippen LogP contribution in [-0.2, 0) is 13.7 Å². The van der Waals surface area contributed by atoms with Crippen LogP contribution in [0.25, 0.3) is 0 Å². The highest BCUT2D eigenvalue weighted by Crippen LogP contribution is 2.20. The minimum Gasteiger partial charge on any atom is -0.487 e. The second-order valence-electron chi connectivity index (χ2n) is 4.26. The van der Waals surface area contributed by atoms with Gasteiger partial charge in [0.15, 0.2) is 0 Å². The first-order chi connectivity index (χ1) is 8.69. The first kappa shape index (κ1) is 12.6. The average Bonchev–Trinajstić information content (AvgIpc) is 2.82. The number of ether oxygens (including phenoxy) is 1. The molecule has 0 saturated heterocycles. The minimum atomic E-state index is -0.394. The maximum absolute atomic E-state index is 9.68. The summed E-state index contributed by atoms with van der Waals surface area (Å²) in [6, 6.07) is 9.45. The summed E-state index contributed by atoms with van der Waals surface area (Å²) >= 11 is 0. The van der Waals surface area contributed by atoms with Crippen LogP contribution in [0.3, 0.4) is 0 Å². The van der Waals surface area contributed by atoms with E-state index in [1.54, 1.807) is 4.68 Å². The highest BCUT2D eigenvalue weighted by molar-refractivity contribution is 5.28. The number of aliphatic hydroxyl groups is 1. The summed E-state index contributed by atoms with van der Waals surface area (Å²) in [6.07, 6.45) is 2.21. The molecule has 1 aromatic heterocycles. The topological polar surface area (TPSA) is 47.3 Å². The lowest BCUT2D eigenvalue weighted by Gasteiger charge is -2.09. The molecule has 4 heteroatoms. The fourth-order valence-electron chi connectivity index (χ4n) is 1.72. The molecule has 0 radical (unpaired) electrons. The van der Waals surface area contributed by atoms with E-state index >= 15 is 0 Å². The Morgan fingerprint density at radius 3 is 2.56 bits per heavy atom. The quantitative estimate of drug-likeness (QED) is 0.881. The van der Waals surface area contributed by atoms with Crippen LogP contribution in [0.4, 0.5) is 0 Å². The van der Waals surface area contributed by atoms with Crippen molar-refractivity contribution in [3.8, 4) is 5.75 Å². The molecular formula is C14H18N2O2. The minimum absolute atomic E-state index is 0.394. The van der Waals surface area contributed by atoms with Gasteiger partial charge in [0.1, 0.15) is 12.4 Å². The van der Waals surface area contributed by atoms with E-state index in [0.717, 1.165) is 17.0 Å². The summed E-state index contributed by atoms with van der Waals surface area (Å²) in [6.45, 7) is 2.41. The molecule has 1 N–H and O–H groups in total. The number of rotatable bonds is 5. The van der Waals surface area contributed by atoms with E-state index in [9.17, 15) is 5.11 Å². The largest absolute Gasteiger partial charge is 0.487 e. The zero-order valence-electron chi connectivity index (χ0n) is 10.7. The van der Waals surface area contributed by atoms with Crippen molar-refractivity contribution in [2.75, 3.05) is 0 Å². The molecule has 4 nitrogen and oxygen atoms in total. The van der Waals surface area contributed by atoms with Crippen LogP contribution in [0, 0.1) is 0 Å². The SMILES string of the molecule is CC[C@@H](O)c1ccc(OCc2ccn(C)n2)cc1. The number of hydrogen-bond donors (Lipinski definition) is 1. The summed E-state index contributed by atoms with van der Waals surface area (Å²) < 4.78 is 7.37. The van der Waals surface area contributed by atoms with Crippen LogP contribution < -0.4 is 4.74 Å². The highest BCUT2D eigenvalue weighted by atomic mass is 16.5. The van der Waals surface area contributed by atoms with Crippen LogP contribution in [-0.4, -0.2) is 14.9 Å². The molecule has 0 fully saturated rings. The molecule has 18 heavy (non-hydrogen) atoms. The van der Waals surface area contributed by atoms with E-state index in [1.807, 2.05) is 50.5 Å². The number of nitrogens with zero attached hydrogens (tertiary/aromatic N) is 2. The van der Waals surface area contributed by atoms with E-state index in [2.05, 4.69) is 5.10 Å². The van der Waals surface area contributed by atoms with E-state index in [0.29, 0.717) is 13.0 Å². The Bertz CT molecular complexity index is 491. The maximum Gasteiger partial charge on any atom is 0.132 e. The number of aryl methyl sites for hydroxylation is 1. The fraction of sp³-hybridized carbons (Fsp3) is 0.357. The fourth-order valence-corrected chi connectivity index (χ4v) is 1.72. The van der Waals surface area contributed by atoms with Gasteiger partial charge in [-0.3, -0.25) is 4.68 Å². The van der Waals surface area contributed by atoms with Gasteiger partial charge in [0, 0.05) is 13.2 Å². The van der Waals surface area contributed by atoms with E-state index in [1.165, 1.54) is 0 Å². The Morgan fingerprint density at radius 1 is 1.28 bits per heavy atom. The van der Waals surface area contributed by atoms with Gasteiger partial charge in [-0.25, -0.2) is 0 Å².